The van der Waals surface area contributed by atoms with Gasteiger partial charge in [0.05, 0.1) is 11.7 Å². The molecular formula is C32H46N4O3. The van der Waals surface area contributed by atoms with E-state index in [1.807, 2.05) is 6.08 Å². The number of carbonyl (C=O) groups is 2. The highest BCUT2D eigenvalue weighted by Gasteiger charge is 2.24. The molecule has 0 saturated heterocycles. The standard InChI is InChI=1S/C32H46N4O3/c1-5-6-7-8-9-10-11-12-13-14-15-16-17-18-19-20-21-22-23-24-30(37)34-27-32(3,4)35-31(38)29-26-36(39)28(2)25-33-29/h6-7,9-10,12-13,15-16,18-19,21-22,25-26H,5,8,11,14,17,20,23-24,27H2,1-4H3,(H,34,37)(H,35,38)/b7-6-,10-9-,13-12-,16-15-,19-18-,22-21-. The van der Waals surface area contributed by atoms with Crippen LogP contribution in [0.5, 0.6) is 0 Å². The summed E-state index contributed by atoms with van der Waals surface area (Å²) in [7, 11) is 0. The molecule has 1 heterocycles. The van der Waals surface area contributed by atoms with Gasteiger partial charge in [-0.05, 0) is 58.8 Å². The molecule has 0 bridgehead atoms. The third-order valence-corrected chi connectivity index (χ3v) is 5.52. The van der Waals surface area contributed by atoms with E-state index in [0.717, 1.165) is 44.7 Å². The van der Waals surface area contributed by atoms with Gasteiger partial charge in [-0.2, -0.15) is 4.73 Å². The van der Waals surface area contributed by atoms with E-state index in [1.165, 1.54) is 6.20 Å². The molecule has 212 valence electrons. The van der Waals surface area contributed by atoms with E-state index in [4.69, 9.17) is 0 Å². The summed E-state index contributed by atoms with van der Waals surface area (Å²) in [4.78, 5) is 28.5. The van der Waals surface area contributed by atoms with Gasteiger partial charge in [0, 0.05) is 19.9 Å². The van der Waals surface area contributed by atoms with E-state index < -0.39 is 11.4 Å². The van der Waals surface area contributed by atoms with Gasteiger partial charge in [0.15, 0.2) is 5.69 Å². The molecule has 1 rings (SSSR count). The van der Waals surface area contributed by atoms with Crippen molar-refractivity contribution in [2.45, 2.75) is 84.6 Å². The smallest absolute Gasteiger partial charge is 0.276 e. The Morgan fingerprint density at radius 3 is 1.85 bits per heavy atom. The number of carbonyl (C=O) groups excluding carboxylic acids is 2. The topological polar surface area (TPSA) is 98.0 Å². The van der Waals surface area contributed by atoms with E-state index in [2.05, 4.69) is 89.4 Å². The minimum absolute atomic E-state index is 0.0349. The van der Waals surface area contributed by atoms with Crippen LogP contribution in [0.2, 0.25) is 0 Å². The van der Waals surface area contributed by atoms with Gasteiger partial charge in [-0.15, -0.1) is 0 Å². The molecule has 2 amide bonds. The zero-order chi connectivity index (χ0) is 28.8. The van der Waals surface area contributed by atoms with Crippen molar-refractivity contribution in [3.63, 3.8) is 0 Å². The van der Waals surface area contributed by atoms with Crippen molar-refractivity contribution < 1.29 is 14.3 Å². The molecule has 0 fully saturated rings. The van der Waals surface area contributed by atoms with E-state index in [0.29, 0.717) is 23.3 Å². The predicted molar refractivity (Wildman–Crippen MR) is 160 cm³/mol. The van der Waals surface area contributed by atoms with E-state index in [1.54, 1.807) is 20.8 Å². The Labute approximate surface area is 234 Å². The van der Waals surface area contributed by atoms with Crippen molar-refractivity contribution in [1.29, 1.82) is 0 Å². The van der Waals surface area contributed by atoms with E-state index in [-0.39, 0.29) is 18.1 Å². The molecule has 7 heteroatoms. The SMILES string of the molecule is CC/C=C\C/C=C\C/C=C\C/C=C\C/C=C\C/C=C\CCC(=O)NCC(C)(C)NC(=O)c1c[n+]([O-])c(C)cn1. The fraction of sp³-hybridized carbons (Fsp3) is 0.438. The fourth-order valence-corrected chi connectivity index (χ4v) is 3.26. The Hall–Kier alpha value is -3.74. The van der Waals surface area contributed by atoms with Gasteiger partial charge in [0.25, 0.3) is 5.91 Å². The summed E-state index contributed by atoms with van der Waals surface area (Å²) >= 11 is 0. The Kier molecular flexibility index (Phi) is 17.3. The number of aryl methyl sites for hydroxylation is 1. The number of nitrogens with zero attached hydrogens (tertiary/aromatic N) is 2. The second kappa shape index (κ2) is 20.3. The molecule has 0 aliphatic heterocycles. The third-order valence-electron chi connectivity index (χ3n) is 5.52. The maximum atomic E-state index is 12.4. The summed E-state index contributed by atoms with van der Waals surface area (Å²) in [5.41, 5.74) is -0.251. The third kappa shape index (κ3) is 17.4. The Bertz CT molecular complexity index is 1050. The predicted octanol–water partition coefficient (Wildman–Crippen LogP) is 6.13. The van der Waals surface area contributed by atoms with Crippen LogP contribution in [0, 0.1) is 12.1 Å². The molecular weight excluding hydrogens is 488 g/mol. The highest BCUT2D eigenvalue weighted by molar-refractivity contribution is 5.92. The molecule has 1 aromatic heterocycles. The van der Waals surface area contributed by atoms with Crippen LogP contribution in [0.3, 0.4) is 0 Å². The van der Waals surface area contributed by atoms with Gasteiger partial charge in [-0.3, -0.25) is 9.59 Å². The van der Waals surface area contributed by atoms with Crippen LogP contribution in [-0.2, 0) is 4.79 Å². The molecule has 0 spiro atoms. The molecule has 0 saturated carbocycles. The average molecular weight is 535 g/mol. The van der Waals surface area contributed by atoms with Gasteiger partial charge < -0.3 is 15.8 Å². The summed E-state index contributed by atoms with van der Waals surface area (Å²) in [6, 6.07) is 0. The Balaban J connectivity index is 2.13. The monoisotopic (exact) mass is 534 g/mol. The molecule has 0 radical (unpaired) electrons. The summed E-state index contributed by atoms with van der Waals surface area (Å²) in [6.07, 6.45) is 35.2. The summed E-state index contributed by atoms with van der Waals surface area (Å²) in [6.45, 7) is 7.63. The molecule has 0 aliphatic rings. The maximum Gasteiger partial charge on any atom is 0.276 e. The maximum absolute atomic E-state index is 12.4. The number of aromatic nitrogens is 2. The molecule has 39 heavy (non-hydrogen) atoms. The second-order valence-electron chi connectivity index (χ2n) is 9.81. The van der Waals surface area contributed by atoms with Crippen LogP contribution in [-0.4, -0.2) is 28.9 Å². The number of hydrogen-bond acceptors (Lipinski definition) is 4. The first-order valence-electron chi connectivity index (χ1n) is 13.8. The summed E-state index contributed by atoms with van der Waals surface area (Å²) < 4.78 is 0.603. The van der Waals surface area contributed by atoms with Crippen molar-refractivity contribution in [1.82, 2.24) is 15.6 Å². The van der Waals surface area contributed by atoms with E-state index in [9.17, 15) is 14.8 Å². The highest BCUT2D eigenvalue weighted by Crippen LogP contribution is 2.04. The Morgan fingerprint density at radius 1 is 0.872 bits per heavy atom. The second-order valence-corrected chi connectivity index (χ2v) is 9.81. The number of hydrogen-bond donors (Lipinski definition) is 2. The minimum atomic E-state index is -0.693. The largest absolute Gasteiger partial charge is 0.618 e. The zero-order valence-electron chi connectivity index (χ0n) is 24.1. The van der Waals surface area contributed by atoms with Crippen LogP contribution in [0.1, 0.15) is 88.3 Å². The zero-order valence-corrected chi connectivity index (χ0v) is 24.1. The number of amides is 2. The molecule has 0 aliphatic carbocycles. The van der Waals surface area contributed by atoms with Crippen LogP contribution >= 0.6 is 0 Å². The Morgan fingerprint density at radius 2 is 1.36 bits per heavy atom. The van der Waals surface area contributed by atoms with Crippen molar-refractivity contribution in [2.24, 2.45) is 0 Å². The first-order chi connectivity index (χ1) is 18.7. The van der Waals surface area contributed by atoms with Crippen molar-refractivity contribution in [2.75, 3.05) is 6.54 Å². The van der Waals surface area contributed by atoms with Crippen molar-refractivity contribution in [3.05, 3.63) is 102 Å². The molecule has 0 unspecified atom stereocenters. The molecule has 7 nitrogen and oxygen atoms in total. The van der Waals surface area contributed by atoms with Crippen LogP contribution < -0.4 is 15.4 Å². The van der Waals surface area contributed by atoms with Gasteiger partial charge in [0.1, 0.15) is 0 Å². The van der Waals surface area contributed by atoms with Crippen LogP contribution in [0.15, 0.2) is 85.3 Å². The summed E-state index contributed by atoms with van der Waals surface area (Å²) in [5, 5.41) is 17.3. The van der Waals surface area contributed by atoms with Gasteiger partial charge in [-0.1, -0.05) is 79.8 Å². The highest BCUT2D eigenvalue weighted by atomic mass is 16.5. The number of nitrogens with one attached hydrogen (secondary N) is 2. The quantitative estimate of drug-likeness (QED) is 0.135. The van der Waals surface area contributed by atoms with Crippen LogP contribution in [0.4, 0.5) is 0 Å². The molecule has 0 atom stereocenters. The molecule has 1 aromatic rings. The molecule has 0 aromatic carbocycles. The first-order valence-corrected chi connectivity index (χ1v) is 13.8. The lowest BCUT2D eigenvalue weighted by molar-refractivity contribution is -0.613. The van der Waals surface area contributed by atoms with E-state index >= 15 is 0 Å². The van der Waals surface area contributed by atoms with Crippen molar-refractivity contribution in [3.8, 4) is 0 Å². The lowest BCUT2D eigenvalue weighted by atomic mass is 10.1. The van der Waals surface area contributed by atoms with Crippen LogP contribution in [0.25, 0.3) is 0 Å². The van der Waals surface area contributed by atoms with Gasteiger partial charge in [0.2, 0.25) is 17.8 Å². The fourth-order valence-electron chi connectivity index (χ4n) is 3.26. The van der Waals surface area contributed by atoms with Gasteiger partial charge >= 0.3 is 0 Å². The normalized spacial score (nSPS) is 12.7. The minimum Gasteiger partial charge on any atom is -0.618 e. The lowest BCUT2D eigenvalue weighted by Crippen LogP contribution is -2.52. The first kappa shape index (κ1) is 33.3. The van der Waals surface area contributed by atoms with Gasteiger partial charge in [-0.25, -0.2) is 4.98 Å². The number of allylic oxidation sites excluding steroid dienone is 12. The number of rotatable bonds is 18. The molecule has 2 N–H and O–H groups in total. The average Bonchev–Trinajstić information content (AvgIpc) is 2.90. The summed E-state index contributed by atoms with van der Waals surface area (Å²) in [5.74, 6) is -0.542. The van der Waals surface area contributed by atoms with Crippen molar-refractivity contribution >= 4 is 11.8 Å². The lowest BCUT2D eigenvalue weighted by Gasteiger charge is -2.26.